The standard InChI is InChI=1S/C10H17N/c1-3-10(11-4-2)8-9-6-5-7-9/h1,9-11H,4-8H2,2H3. The van der Waals surface area contributed by atoms with E-state index in [1.165, 1.54) is 25.7 Å². The van der Waals surface area contributed by atoms with Crippen molar-refractivity contribution in [2.24, 2.45) is 5.92 Å². The van der Waals surface area contributed by atoms with Gasteiger partial charge in [0.15, 0.2) is 0 Å². The molecule has 0 spiro atoms. The van der Waals surface area contributed by atoms with Crippen LogP contribution in [0.4, 0.5) is 0 Å². The summed E-state index contributed by atoms with van der Waals surface area (Å²) in [6.07, 6.45) is 10.8. The highest BCUT2D eigenvalue weighted by molar-refractivity contribution is 4.99. The first-order valence-electron chi connectivity index (χ1n) is 4.56. The lowest BCUT2D eigenvalue weighted by atomic mass is 9.81. The molecule has 1 heteroatoms. The summed E-state index contributed by atoms with van der Waals surface area (Å²) in [7, 11) is 0. The summed E-state index contributed by atoms with van der Waals surface area (Å²) < 4.78 is 0. The van der Waals surface area contributed by atoms with Gasteiger partial charge in [0.05, 0.1) is 6.04 Å². The molecule has 1 nitrogen and oxygen atoms in total. The summed E-state index contributed by atoms with van der Waals surface area (Å²) in [6.45, 7) is 3.09. The van der Waals surface area contributed by atoms with Crippen LogP contribution < -0.4 is 5.32 Å². The molecule has 1 rings (SSSR count). The van der Waals surface area contributed by atoms with Crippen LogP contribution in [0.3, 0.4) is 0 Å². The molecule has 0 amide bonds. The first-order chi connectivity index (χ1) is 5.36. The minimum atomic E-state index is 0.324. The van der Waals surface area contributed by atoms with Crippen LogP contribution in [0.15, 0.2) is 0 Å². The van der Waals surface area contributed by atoms with Gasteiger partial charge >= 0.3 is 0 Å². The van der Waals surface area contributed by atoms with Crippen molar-refractivity contribution in [3.8, 4) is 12.3 Å². The van der Waals surface area contributed by atoms with E-state index in [1.54, 1.807) is 0 Å². The van der Waals surface area contributed by atoms with Crippen molar-refractivity contribution in [3.63, 3.8) is 0 Å². The fourth-order valence-corrected chi connectivity index (χ4v) is 1.52. The second-order valence-corrected chi connectivity index (χ2v) is 3.31. The maximum atomic E-state index is 5.37. The number of rotatable bonds is 4. The third-order valence-electron chi connectivity index (χ3n) is 2.45. The van der Waals surface area contributed by atoms with Gasteiger partial charge in [0, 0.05) is 0 Å². The van der Waals surface area contributed by atoms with E-state index in [0.29, 0.717) is 6.04 Å². The van der Waals surface area contributed by atoms with Crippen LogP contribution in [0.1, 0.15) is 32.6 Å². The summed E-state index contributed by atoms with van der Waals surface area (Å²) in [6, 6.07) is 0.324. The van der Waals surface area contributed by atoms with Crippen molar-refractivity contribution in [3.05, 3.63) is 0 Å². The molecule has 0 saturated heterocycles. The zero-order valence-corrected chi connectivity index (χ0v) is 7.27. The Morgan fingerprint density at radius 3 is 2.73 bits per heavy atom. The smallest absolute Gasteiger partial charge is 0.0689 e. The molecule has 1 N–H and O–H groups in total. The highest BCUT2D eigenvalue weighted by atomic mass is 14.9. The van der Waals surface area contributed by atoms with Crippen LogP contribution in [0.2, 0.25) is 0 Å². The molecule has 0 aliphatic heterocycles. The van der Waals surface area contributed by atoms with Crippen molar-refractivity contribution in [1.82, 2.24) is 5.32 Å². The Balaban J connectivity index is 2.15. The normalized spacial score (nSPS) is 20.4. The Morgan fingerprint density at radius 2 is 2.36 bits per heavy atom. The minimum absolute atomic E-state index is 0.324. The second kappa shape index (κ2) is 4.41. The van der Waals surface area contributed by atoms with E-state index >= 15 is 0 Å². The zero-order valence-electron chi connectivity index (χ0n) is 7.27. The molecule has 0 bridgehead atoms. The van der Waals surface area contributed by atoms with Gasteiger partial charge in [-0.05, 0) is 18.9 Å². The molecule has 1 unspecified atom stereocenters. The van der Waals surface area contributed by atoms with Crippen molar-refractivity contribution in [2.75, 3.05) is 6.54 Å². The molecule has 62 valence electrons. The molecule has 0 aromatic heterocycles. The van der Waals surface area contributed by atoms with E-state index in [4.69, 9.17) is 6.42 Å². The number of nitrogens with one attached hydrogen (secondary N) is 1. The average molecular weight is 151 g/mol. The van der Waals surface area contributed by atoms with Crippen molar-refractivity contribution in [2.45, 2.75) is 38.6 Å². The maximum Gasteiger partial charge on any atom is 0.0689 e. The van der Waals surface area contributed by atoms with Crippen LogP contribution in [0.5, 0.6) is 0 Å². The molecule has 1 aliphatic rings. The fraction of sp³-hybridized carbons (Fsp3) is 0.800. The Hall–Kier alpha value is -0.480. The lowest BCUT2D eigenvalue weighted by Gasteiger charge is -2.27. The molecular formula is C10H17N. The van der Waals surface area contributed by atoms with E-state index in [9.17, 15) is 0 Å². The summed E-state index contributed by atoms with van der Waals surface area (Å²) >= 11 is 0. The molecule has 0 radical (unpaired) electrons. The van der Waals surface area contributed by atoms with E-state index in [1.807, 2.05) is 0 Å². The second-order valence-electron chi connectivity index (χ2n) is 3.31. The highest BCUT2D eigenvalue weighted by Crippen LogP contribution is 2.30. The third-order valence-corrected chi connectivity index (χ3v) is 2.45. The molecule has 0 aromatic rings. The van der Waals surface area contributed by atoms with E-state index in [-0.39, 0.29) is 0 Å². The van der Waals surface area contributed by atoms with Gasteiger partial charge in [-0.1, -0.05) is 32.1 Å². The van der Waals surface area contributed by atoms with Gasteiger partial charge in [0.2, 0.25) is 0 Å². The minimum Gasteiger partial charge on any atom is -0.304 e. The molecule has 1 aliphatic carbocycles. The summed E-state index contributed by atoms with van der Waals surface area (Å²) in [4.78, 5) is 0. The van der Waals surface area contributed by atoms with Crippen molar-refractivity contribution >= 4 is 0 Å². The summed E-state index contributed by atoms with van der Waals surface area (Å²) in [5.74, 6) is 3.70. The largest absolute Gasteiger partial charge is 0.304 e. The van der Waals surface area contributed by atoms with E-state index < -0.39 is 0 Å². The summed E-state index contributed by atoms with van der Waals surface area (Å²) in [5.41, 5.74) is 0. The Labute approximate surface area is 69.6 Å². The lowest BCUT2D eigenvalue weighted by molar-refractivity contribution is 0.278. The Morgan fingerprint density at radius 1 is 1.64 bits per heavy atom. The van der Waals surface area contributed by atoms with Gasteiger partial charge in [0.25, 0.3) is 0 Å². The highest BCUT2D eigenvalue weighted by Gasteiger charge is 2.20. The van der Waals surface area contributed by atoms with Crippen LogP contribution in [0.25, 0.3) is 0 Å². The van der Waals surface area contributed by atoms with Gasteiger partial charge in [0.1, 0.15) is 0 Å². The number of terminal acetylenes is 1. The fourth-order valence-electron chi connectivity index (χ4n) is 1.52. The quantitative estimate of drug-likeness (QED) is 0.604. The van der Waals surface area contributed by atoms with Gasteiger partial charge in [-0.15, -0.1) is 6.42 Å². The molecule has 11 heavy (non-hydrogen) atoms. The topological polar surface area (TPSA) is 12.0 Å². The molecule has 0 aromatic carbocycles. The maximum absolute atomic E-state index is 5.37. The molecular weight excluding hydrogens is 134 g/mol. The first kappa shape index (κ1) is 8.62. The van der Waals surface area contributed by atoms with Gasteiger partial charge in [-0.25, -0.2) is 0 Å². The molecule has 1 atom stereocenters. The first-order valence-corrected chi connectivity index (χ1v) is 4.56. The van der Waals surface area contributed by atoms with E-state index in [2.05, 4.69) is 18.2 Å². The van der Waals surface area contributed by atoms with Crippen LogP contribution in [-0.4, -0.2) is 12.6 Å². The van der Waals surface area contributed by atoms with Crippen molar-refractivity contribution in [1.29, 1.82) is 0 Å². The van der Waals surface area contributed by atoms with E-state index in [0.717, 1.165) is 12.5 Å². The zero-order chi connectivity index (χ0) is 8.10. The van der Waals surface area contributed by atoms with Crippen LogP contribution in [0, 0.1) is 18.3 Å². The molecule has 0 heterocycles. The predicted molar refractivity (Wildman–Crippen MR) is 48.3 cm³/mol. The molecule has 1 saturated carbocycles. The Kier molecular flexibility index (Phi) is 3.45. The SMILES string of the molecule is C#CC(CC1CCC1)NCC. The van der Waals surface area contributed by atoms with Crippen LogP contribution >= 0.6 is 0 Å². The lowest BCUT2D eigenvalue weighted by Crippen LogP contribution is -2.31. The summed E-state index contributed by atoms with van der Waals surface area (Å²) in [5, 5.41) is 3.30. The average Bonchev–Trinajstić information content (AvgIpc) is 1.94. The Bertz CT molecular complexity index is 141. The number of hydrogen-bond acceptors (Lipinski definition) is 1. The number of hydrogen-bond donors (Lipinski definition) is 1. The third kappa shape index (κ3) is 2.55. The predicted octanol–water partition coefficient (Wildman–Crippen LogP) is 1.79. The molecule has 1 fully saturated rings. The van der Waals surface area contributed by atoms with Gasteiger partial charge < -0.3 is 5.32 Å². The monoisotopic (exact) mass is 151 g/mol. The van der Waals surface area contributed by atoms with Gasteiger partial charge in [-0.2, -0.15) is 0 Å². The van der Waals surface area contributed by atoms with Gasteiger partial charge in [-0.3, -0.25) is 0 Å². The van der Waals surface area contributed by atoms with Crippen LogP contribution in [-0.2, 0) is 0 Å². The van der Waals surface area contributed by atoms with Crippen molar-refractivity contribution < 1.29 is 0 Å².